The highest BCUT2D eigenvalue weighted by molar-refractivity contribution is 6.33. The maximum atomic E-state index is 14.0. The van der Waals surface area contributed by atoms with Gasteiger partial charge in [0.05, 0.1) is 10.6 Å². The van der Waals surface area contributed by atoms with Crippen molar-refractivity contribution < 1.29 is 13.9 Å². The fraction of sp³-hybridized carbons (Fsp3) is 0.533. The number of carbonyl (C=O) groups excluding carboxylic acids is 1. The first-order chi connectivity index (χ1) is 9.68. The Hall–Kier alpha value is -1.13. The predicted molar refractivity (Wildman–Crippen MR) is 74.4 cm³/mol. The van der Waals surface area contributed by atoms with Gasteiger partial charge in [0.1, 0.15) is 5.82 Å². The molecular weight excluding hydrogens is 281 g/mol. The second-order valence-electron chi connectivity index (χ2n) is 5.38. The lowest BCUT2D eigenvalue weighted by Crippen LogP contribution is -2.45. The van der Waals surface area contributed by atoms with Crippen LogP contribution in [-0.2, 0) is 4.74 Å². The van der Waals surface area contributed by atoms with E-state index in [0.717, 1.165) is 25.7 Å². The summed E-state index contributed by atoms with van der Waals surface area (Å²) in [6, 6.07) is 4.74. The van der Waals surface area contributed by atoms with E-state index in [-0.39, 0.29) is 28.6 Å². The standard InChI is InChI=1S/C15H17ClFNO2/c16-12-2-1-3-13(17)14(12)15(19)18(10-4-5-10)11-6-8-20-9-7-11/h1-3,10-11H,4-9H2. The minimum Gasteiger partial charge on any atom is -0.381 e. The summed E-state index contributed by atoms with van der Waals surface area (Å²) in [6.45, 7) is 1.32. The molecule has 1 aliphatic heterocycles. The van der Waals surface area contributed by atoms with E-state index in [2.05, 4.69) is 0 Å². The smallest absolute Gasteiger partial charge is 0.258 e. The molecule has 5 heteroatoms. The summed E-state index contributed by atoms with van der Waals surface area (Å²) >= 11 is 6.02. The first-order valence-corrected chi connectivity index (χ1v) is 7.40. The van der Waals surface area contributed by atoms with E-state index < -0.39 is 5.82 Å². The van der Waals surface area contributed by atoms with Crippen LogP contribution in [0.5, 0.6) is 0 Å². The molecule has 2 fully saturated rings. The molecule has 1 aromatic carbocycles. The molecule has 0 aromatic heterocycles. The number of amides is 1. The molecule has 20 heavy (non-hydrogen) atoms. The number of carbonyl (C=O) groups is 1. The van der Waals surface area contributed by atoms with Gasteiger partial charge in [-0.1, -0.05) is 17.7 Å². The third-order valence-electron chi connectivity index (χ3n) is 3.94. The number of hydrogen-bond acceptors (Lipinski definition) is 2. The Morgan fingerprint density at radius 1 is 1.20 bits per heavy atom. The summed E-state index contributed by atoms with van der Waals surface area (Å²) in [6.07, 6.45) is 3.62. The minimum absolute atomic E-state index is 0.00700. The molecule has 0 spiro atoms. The van der Waals surface area contributed by atoms with Crippen molar-refractivity contribution in [2.24, 2.45) is 0 Å². The Morgan fingerprint density at radius 2 is 1.85 bits per heavy atom. The Bertz CT molecular complexity index is 492. The molecule has 1 aliphatic carbocycles. The van der Waals surface area contributed by atoms with E-state index in [1.807, 2.05) is 4.90 Å². The molecule has 0 atom stereocenters. The first kappa shape index (κ1) is 13.8. The highest BCUT2D eigenvalue weighted by Gasteiger charge is 2.39. The molecule has 2 aliphatic rings. The van der Waals surface area contributed by atoms with Crippen molar-refractivity contribution in [3.63, 3.8) is 0 Å². The van der Waals surface area contributed by atoms with Crippen molar-refractivity contribution in [3.05, 3.63) is 34.6 Å². The van der Waals surface area contributed by atoms with Crippen molar-refractivity contribution in [2.45, 2.75) is 37.8 Å². The third-order valence-corrected chi connectivity index (χ3v) is 4.25. The maximum Gasteiger partial charge on any atom is 0.258 e. The number of ether oxygens (including phenoxy) is 1. The van der Waals surface area contributed by atoms with Gasteiger partial charge in [-0.05, 0) is 37.8 Å². The van der Waals surface area contributed by atoms with E-state index in [9.17, 15) is 9.18 Å². The van der Waals surface area contributed by atoms with Crippen LogP contribution in [0.3, 0.4) is 0 Å². The molecule has 0 radical (unpaired) electrons. The summed E-state index contributed by atoms with van der Waals surface area (Å²) in [7, 11) is 0. The van der Waals surface area contributed by atoms with Crippen molar-refractivity contribution in [1.82, 2.24) is 4.90 Å². The molecule has 0 N–H and O–H groups in total. The van der Waals surface area contributed by atoms with Gasteiger partial charge >= 0.3 is 0 Å². The van der Waals surface area contributed by atoms with Crippen molar-refractivity contribution in [1.29, 1.82) is 0 Å². The zero-order chi connectivity index (χ0) is 14.1. The Labute approximate surface area is 122 Å². The zero-order valence-corrected chi connectivity index (χ0v) is 11.9. The molecule has 0 unspecified atom stereocenters. The van der Waals surface area contributed by atoms with Crippen LogP contribution >= 0.6 is 11.6 Å². The van der Waals surface area contributed by atoms with Crippen LogP contribution in [0.2, 0.25) is 5.02 Å². The Kier molecular flexibility index (Phi) is 3.94. The molecule has 1 aromatic rings. The van der Waals surface area contributed by atoms with Gasteiger partial charge in [-0.3, -0.25) is 4.79 Å². The van der Waals surface area contributed by atoms with Crippen LogP contribution in [0.25, 0.3) is 0 Å². The minimum atomic E-state index is -0.541. The number of hydrogen-bond donors (Lipinski definition) is 0. The molecule has 1 amide bonds. The van der Waals surface area contributed by atoms with Crippen LogP contribution in [0.1, 0.15) is 36.0 Å². The highest BCUT2D eigenvalue weighted by Crippen LogP contribution is 2.34. The second-order valence-corrected chi connectivity index (χ2v) is 5.79. The molecule has 3 rings (SSSR count). The summed E-state index contributed by atoms with van der Waals surface area (Å²) < 4.78 is 19.3. The Balaban J connectivity index is 1.89. The normalized spacial score (nSPS) is 19.9. The van der Waals surface area contributed by atoms with Gasteiger partial charge in [0.15, 0.2) is 0 Å². The van der Waals surface area contributed by atoms with Crippen LogP contribution in [0.15, 0.2) is 18.2 Å². The zero-order valence-electron chi connectivity index (χ0n) is 11.1. The number of rotatable bonds is 3. The summed E-state index contributed by atoms with van der Waals surface area (Å²) in [5, 5.41) is 0.188. The quantitative estimate of drug-likeness (QED) is 0.857. The number of benzene rings is 1. The monoisotopic (exact) mass is 297 g/mol. The molecule has 1 saturated heterocycles. The predicted octanol–water partition coefficient (Wildman–Crippen LogP) is 3.26. The third kappa shape index (κ3) is 2.67. The van der Waals surface area contributed by atoms with E-state index in [0.29, 0.717) is 13.2 Å². The fourth-order valence-electron chi connectivity index (χ4n) is 2.78. The summed E-state index contributed by atoms with van der Waals surface area (Å²) in [5.41, 5.74) is 0.00700. The second kappa shape index (κ2) is 5.70. The molecule has 1 saturated carbocycles. The molecular formula is C15H17ClFNO2. The van der Waals surface area contributed by atoms with Crippen LogP contribution in [0.4, 0.5) is 4.39 Å². The van der Waals surface area contributed by atoms with Crippen molar-refractivity contribution in [2.75, 3.05) is 13.2 Å². The van der Waals surface area contributed by atoms with Crippen molar-refractivity contribution >= 4 is 17.5 Å². The summed E-state index contributed by atoms with van der Waals surface area (Å²) in [4.78, 5) is 14.6. The van der Waals surface area contributed by atoms with Gasteiger partial charge < -0.3 is 9.64 Å². The van der Waals surface area contributed by atoms with Gasteiger partial charge in [0.25, 0.3) is 5.91 Å². The summed E-state index contributed by atoms with van der Waals surface area (Å²) in [5.74, 6) is -0.817. The molecule has 0 bridgehead atoms. The van der Waals surface area contributed by atoms with Gasteiger partial charge in [-0.25, -0.2) is 4.39 Å². The van der Waals surface area contributed by atoms with E-state index >= 15 is 0 Å². The van der Waals surface area contributed by atoms with Crippen molar-refractivity contribution in [3.8, 4) is 0 Å². The SMILES string of the molecule is O=C(c1c(F)cccc1Cl)N(C1CCOCC1)C1CC1. The lowest BCUT2D eigenvalue weighted by Gasteiger charge is -2.34. The van der Waals surface area contributed by atoms with Gasteiger partial charge in [-0.15, -0.1) is 0 Å². The molecule has 3 nitrogen and oxygen atoms in total. The molecule has 1 heterocycles. The van der Waals surface area contributed by atoms with E-state index in [1.54, 1.807) is 6.07 Å². The lowest BCUT2D eigenvalue weighted by molar-refractivity contribution is 0.0265. The van der Waals surface area contributed by atoms with Crippen LogP contribution in [-0.4, -0.2) is 36.1 Å². The maximum absolute atomic E-state index is 14.0. The average Bonchev–Trinajstić information content (AvgIpc) is 3.25. The fourth-order valence-corrected chi connectivity index (χ4v) is 3.02. The lowest BCUT2D eigenvalue weighted by atomic mass is 10.0. The molecule has 108 valence electrons. The van der Waals surface area contributed by atoms with Crippen LogP contribution in [0, 0.1) is 5.82 Å². The van der Waals surface area contributed by atoms with Crippen LogP contribution < -0.4 is 0 Å². The highest BCUT2D eigenvalue weighted by atomic mass is 35.5. The van der Waals surface area contributed by atoms with E-state index in [1.165, 1.54) is 12.1 Å². The number of nitrogens with zero attached hydrogens (tertiary/aromatic N) is 1. The van der Waals surface area contributed by atoms with Gasteiger partial charge in [0.2, 0.25) is 0 Å². The first-order valence-electron chi connectivity index (χ1n) is 7.03. The average molecular weight is 298 g/mol. The Morgan fingerprint density at radius 3 is 2.45 bits per heavy atom. The number of halogens is 2. The van der Waals surface area contributed by atoms with Gasteiger partial charge in [-0.2, -0.15) is 0 Å². The largest absolute Gasteiger partial charge is 0.381 e. The topological polar surface area (TPSA) is 29.5 Å². The van der Waals surface area contributed by atoms with E-state index in [4.69, 9.17) is 16.3 Å². The van der Waals surface area contributed by atoms with Gasteiger partial charge in [0, 0.05) is 25.3 Å².